The number of aliphatic carboxylic acids is 2. The molecule has 1 unspecified atom stereocenters. The van der Waals surface area contributed by atoms with Crippen molar-refractivity contribution in [2.24, 2.45) is 5.73 Å². The zero-order chi connectivity index (χ0) is 23.2. The summed E-state index contributed by atoms with van der Waals surface area (Å²) in [6, 6.07) is -2.16. The first-order chi connectivity index (χ1) is 14.7. The third-order valence-corrected chi connectivity index (χ3v) is 4.09. The van der Waals surface area contributed by atoms with Crippen molar-refractivity contribution < 1.29 is 34.2 Å². The highest BCUT2D eigenvalue weighted by Crippen LogP contribution is 2.02. The topological polar surface area (TPSA) is 219 Å². The Kier molecular flexibility index (Phi) is 11.2. The fraction of sp³-hybridized carbons (Fsp3) is 0.588. The quantitative estimate of drug-likeness (QED) is 0.114. The normalized spacial score (nSPS) is 12.4. The third-order valence-electron chi connectivity index (χ3n) is 4.09. The number of carboxylic acids is 2. The molecule has 31 heavy (non-hydrogen) atoms. The molecule has 0 fully saturated rings. The summed E-state index contributed by atoms with van der Waals surface area (Å²) < 4.78 is 1.26. The van der Waals surface area contributed by atoms with E-state index in [4.69, 9.17) is 10.8 Å². The van der Waals surface area contributed by atoms with Crippen LogP contribution in [0.15, 0.2) is 6.20 Å². The maximum absolute atomic E-state index is 11.9. The number of aromatic nitrogens is 3. The molecular formula is C17H27N7O7. The fourth-order valence-corrected chi connectivity index (χ4v) is 2.49. The van der Waals surface area contributed by atoms with Gasteiger partial charge in [-0.05, 0) is 19.3 Å². The number of hydrogen-bond donors (Lipinski definition) is 6. The Bertz CT molecular complexity index is 768. The van der Waals surface area contributed by atoms with Gasteiger partial charge in [0.1, 0.15) is 18.6 Å². The van der Waals surface area contributed by atoms with Crippen molar-refractivity contribution >= 4 is 30.2 Å². The van der Waals surface area contributed by atoms with Gasteiger partial charge in [-0.2, -0.15) is 0 Å². The number of nitrogens with one attached hydrogen (secondary N) is 3. The maximum atomic E-state index is 11.9. The van der Waals surface area contributed by atoms with Gasteiger partial charge in [-0.1, -0.05) is 5.21 Å². The van der Waals surface area contributed by atoms with Crippen LogP contribution < -0.4 is 21.7 Å². The molecule has 0 radical (unpaired) electrons. The van der Waals surface area contributed by atoms with E-state index in [1.54, 1.807) is 0 Å². The van der Waals surface area contributed by atoms with Gasteiger partial charge in [0.05, 0.1) is 5.69 Å². The van der Waals surface area contributed by atoms with Crippen LogP contribution in [0.25, 0.3) is 0 Å². The minimum atomic E-state index is -1.16. The van der Waals surface area contributed by atoms with Crippen LogP contribution in [0.3, 0.4) is 0 Å². The minimum Gasteiger partial charge on any atom is -0.480 e. The summed E-state index contributed by atoms with van der Waals surface area (Å²) in [4.78, 5) is 55.7. The van der Waals surface area contributed by atoms with Gasteiger partial charge in [0.15, 0.2) is 0 Å². The first kappa shape index (κ1) is 25.5. The van der Waals surface area contributed by atoms with E-state index >= 15 is 0 Å². The second-order valence-corrected chi connectivity index (χ2v) is 6.68. The molecule has 1 rings (SSSR count). The summed E-state index contributed by atoms with van der Waals surface area (Å²) in [6.07, 6.45) is 2.99. The molecule has 1 heterocycles. The zero-order valence-corrected chi connectivity index (χ0v) is 16.8. The van der Waals surface area contributed by atoms with Crippen molar-refractivity contribution in [3.63, 3.8) is 0 Å². The van der Waals surface area contributed by atoms with E-state index < -0.39 is 29.9 Å². The van der Waals surface area contributed by atoms with Gasteiger partial charge in [-0.25, -0.2) is 9.48 Å². The van der Waals surface area contributed by atoms with E-state index in [0.717, 1.165) is 0 Å². The number of carbonyl (C=O) groups excluding carboxylic acids is 3. The molecule has 0 bridgehead atoms. The van der Waals surface area contributed by atoms with Crippen LogP contribution in [0, 0.1) is 0 Å². The number of unbranched alkanes of at least 4 members (excludes halogenated alkanes) is 1. The molecule has 1 aromatic heterocycles. The first-order valence-corrected chi connectivity index (χ1v) is 9.56. The Labute approximate surface area is 177 Å². The predicted molar refractivity (Wildman–Crippen MR) is 104 cm³/mol. The van der Waals surface area contributed by atoms with Gasteiger partial charge in [-0.15, -0.1) is 5.10 Å². The van der Waals surface area contributed by atoms with E-state index in [2.05, 4.69) is 26.3 Å². The number of carboxylic acid groups (broad SMARTS) is 2. The fourth-order valence-electron chi connectivity index (χ4n) is 2.49. The molecule has 1 aromatic rings. The molecule has 0 aliphatic rings. The van der Waals surface area contributed by atoms with Crippen LogP contribution in [-0.4, -0.2) is 80.5 Å². The Morgan fingerprint density at radius 1 is 1.13 bits per heavy atom. The summed E-state index contributed by atoms with van der Waals surface area (Å²) >= 11 is 0. The van der Waals surface area contributed by atoms with Crippen LogP contribution in [0.4, 0.5) is 0 Å². The number of carbonyl (C=O) groups is 5. The predicted octanol–water partition coefficient (Wildman–Crippen LogP) is -2.78. The molecule has 0 aliphatic heterocycles. The zero-order valence-electron chi connectivity index (χ0n) is 16.8. The lowest BCUT2D eigenvalue weighted by molar-refractivity contribution is -0.142. The van der Waals surface area contributed by atoms with Gasteiger partial charge >= 0.3 is 11.9 Å². The Morgan fingerprint density at radius 3 is 2.52 bits per heavy atom. The molecule has 0 aliphatic carbocycles. The van der Waals surface area contributed by atoms with Crippen molar-refractivity contribution in [2.75, 3.05) is 13.1 Å². The second-order valence-electron chi connectivity index (χ2n) is 6.68. The van der Waals surface area contributed by atoms with Crippen LogP contribution in [-0.2, 0) is 36.9 Å². The highest BCUT2D eigenvalue weighted by molar-refractivity contribution is 5.83. The van der Waals surface area contributed by atoms with Crippen LogP contribution in [0.1, 0.15) is 31.4 Å². The molecule has 7 N–H and O–H groups in total. The highest BCUT2D eigenvalue weighted by Gasteiger charge is 2.19. The summed E-state index contributed by atoms with van der Waals surface area (Å²) in [6.45, 7) is 0.305. The molecular weight excluding hydrogens is 414 g/mol. The van der Waals surface area contributed by atoms with Crippen molar-refractivity contribution in [3.8, 4) is 0 Å². The van der Waals surface area contributed by atoms with E-state index in [0.29, 0.717) is 31.5 Å². The first-order valence-electron chi connectivity index (χ1n) is 9.56. The third kappa shape index (κ3) is 10.7. The Morgan fingerprint density at radius 2 is 1.87 bits per heavy atom. The van der Waals surface area contributed by atoms with Crippen molar-refractivity contribution in [1.29, 1.82) is 0 Å². The van der Waals surface area contributed by atoms with Crippen LogP contribution >= 0.6 is 0 Å². The number of rotatable bonds is 16. The van der Waals surface area contributed by atoms with Gasteiger partial charge in [0.25, 0.3) is 0 Å². The lowest BCUT2D eigenvalue weighted by Crippen LogP contribution is -2.41. The van der Waals surface area contributed by atoms with Crippen molar-refractivity contribution in [2.45, 2.75) is 50.7 Å². The van der Waals surface area contributed by atoms with Gasteiger partial charge in [-0.3, -0.25) is 19.2 Å². The molecule has 0 aromatic carbocycles. The number of hydrogen-bond acceptors (Lipinski definition) is 8. The second kappa shape index (κ2) is 13.6. The average molecular weight is 441 g/mol. The molecule has 2 atom stereocenters. The van der Waals surface area contributed by atoms with Gasteiger partial charge in [0, 0.05) is 32.1 Å². The molecule has 14 nitrogen and oxygen atoms in total. The van der Waals surface area contributed by atoms with E-state index in [1.165, 1.54) is 10.9 Å². The van der Waals surface area contributed by atoms with Crippen LogP contribution in [0.5, 0.6) is 0 Å². The lowest BCUT2D eigenvalue weighted by atomic mass is 10.1. The largest absolute Gasteiger partial charge is 0.480 e. The number of nitrogens with zero attached hydrogens (tertiary/aromatic N) is 3. The highest BCUT2D eigenvalue weighted by atomic mass is 16.4. The summed E-state index contributed by atoms with van der Waals surface area (Å²) in [7, 11) is 0. The molecule has 0 spiro atoms. The van der Waals surface area contributed by atoms with Gasteiger partial charge in [0.2, 0.25) is 18.2 Å². The summed E-state index contributed by atoms with van der Waals surface area (Å²) in [5.74, 6) is -3.14. The number of nitrogens with two attached hydrogens (primary N) is 1. The Hall–Kier alpha value is -3.55. The van der Waals surface area contributed by atoms with Crippen LogP contribution in [0.2, 0.25) is 0 Å². The SMILES string of the molecule is N[C@@H](Cc1cn(CC(=O)NCCCCC(NC(=O)CCNC=O)C(=O)O)nn1)C(=O)O. The van der Waals surface area contributed by atoms with E-state index in [-0.39, 0.29) is 38.3 Å². The Balaban J connectivity index is 2.27. The van der Waals surface area contributed by atoms with Gasteiger partial charge < -0.3 is 31.9 Å². The minimum absolute atomic E-state index is 0.00810. The molecule has 172 valence electrons. The maximum Gasteiger partial charge on any atom is 0.326 e. The number of amides is 3. The molecule has 14 heteroatoms. The average Bonchev–Trinajstić information content (AvgIpc) is 3.13. The smallest absolute Gasteiger partial charge is 0.326 e. The monoisotopic (exact) mass is 441 g/mol. The molecule has 0 saturated heterocycles. The van der Waals surface area contributed by atoms with E-state index in [1.807, 2.05) is 0 Å². The molecule has 0 saturated carbocycles. The van der Waals surface area contributed by atoms with E-state index in [9.17, 15) is 29.1 Å². The van der Waals surface area contributed by atoms with Crippen molar-refractivity contribution in [3.05, 3.63) is 11.9 Å². The van der Waals surface area contributed by atoms with Crippen molar-refractivity contribution in [1.82, 2.24) is 30.9 Å². The summed E-state index contributed by atoms with van der Waals surface area (Å²) in [5, 5.41) is 32.8. The lowest BCUT2D eigenvalue weighted by Gasteiger charge is -2.14. The standard InChI is InChI=1S/C17H27N7O7/c18-12(16(28)29)7-11-8-24(23-22-11)9-15(27)20-5-2-1-3-13(17(30)31)21-14(26)4-6-19-10-25/h8,10,12-13H,1-7,9,18H2,(H,19,25)(H,20,27)(H,21,26)(H,28,29)(H,30,31)/t12-,13?/m0/s1. The summed E-state index contributed by atoms with van der Waals surface area (Å²) in [5.41, 5.74) is 5.77. The molecule has 3 amide bonds.